The zero-order valence-corrected chi connectivity index (χ0v) is 22.3. The fraction of sp³-hybridized carbons (Fsp3) is 0.0645. The summed E-state index contributed by atoms with van der Waals surface area (Å²) in [4.78, 5) is 38.3. The topological polar surface area (TPSA) is 119 Å². The van der Waals surface area contributed by atoms with Gasteiger partial charge in [-0.15, -0.1) is 4.98 Å². The first-order valence-electron chi connectivity index (χ1n) is 12.7. The van der Waals surface area contributed by atoms with Gasteiger partial charge in [-0.05, 0) is 72.8 Å². The summed E-state index contributed by atoms with van der Waals surface area (Å²) < 4.78 is 12.0. The standard InChI is InChI=1S/C31H26N6O4/c1-21(38)32-23-13-17-27(18-14-23)40-30-34-29(37(25-9-5-3-6-10-25)26-11-7-4-8-12-26)35-31(36-30)41-28-19-15-24(16-20-28)33-22(2)39/h3-20H,1-2H3,(H,32,38)(H,33,39). The average Bonchev–Trinajstić information content (AvgIpc) is 2.96. The summed E-state index contributed by atoms with van der Waals surface area (Å²) in [7, 11) is 0. The molecule has 0 fully saturated rings. The van der Waals surface area contributed by atoms with Crippen LogP contribution in [0.2, 0.25) is 0 Å². The van der Waals surface area contributed by atoms with Crippen LogP contribution in [0.25, 0.3) is 0 Å². The van der Waals surface area contributed by atoms with Crippen LogP contribution in [0.4, 0.5) is 28.7 Å². The van der Waals surface area contributed by atoms with Gasteiger partial charge in [0.25, 0.3) is 0 Å². The second kappa shape index (κ2) is 12.4. The summed E-state index contributed by atoms with van der Waals surface area (Å²) in [6.45, 7) is 2.88. The highest BCUT2D eigenvalue weighted by atomic mass is 16.5. The normalized spacial score (nSPS) is 10.4. The van der Waals surface area contributed by atoms with Gasteiger partial charge in [0.1, 0.15) is 11.5 Å². The molecule has 0 bridgehead atoms. The highest BCUT2D eigenvalue weighted by molar-refractivity contribution is 5.89. The van der Waals surface area contributed by atoms with Crippen LogP contribution in [0.3, 0.4) is 0 Å². The molecular weight excluding hydrogens is 520 g/mol. The minimum Gasteiger partial charge on any atom is -0.424 e. The van der Waals surface area contributed by atoms with Gasteiger partial charge in [0.2, 0.25) is 17.8 Å². The van der Waals surface area contributed by atoms with E-state index in [1.54, 1.807) is 48.5 Å². The molecule has 5 rings (SSSR count). The second-order valence-electron chi connectivity index (χ2n) is 8.82. The lowest BCUT2D eigenvalue weighted by Gasteiger charge is -2.23. The van der Waals surface area contributed by atoms with Crippen LogP contribution in [-0.2, 0) is 9.59 Å². The Balaban J connectivity index is 1.53. The van der Waals surface area contributed by atoms with E-state index in [2.05, 4.69) is 25.6 Å². The van der Waals surface area contributed by atoms with Gasteiger partial charge in [0.05, 0.1) is 0 Å². The molecule has 1 aromatic heterocycles. The number of hydrogen-bond acceptors (Lipinski definition) is 8. The van der Waals surface area contributed by atoms with Crippen molar-refractivity contribution in [1.29, 1.82) is 0 Å². The second-order valence-corrected chi connectivity index (χ2v) is 8.82. The number of benzene rings is 4. The zero-order valence-electron chi connectivity index (χ0n) is 22.3. The zero-order chi connectivity index (χ0) is 28.6. The molecule has 4 aromatic carbocycles. The van der Waals surface area contributed by atoms with Crippen molar-refractivity contribution in [2.24, 2.45) is 0 Å². The van der Waals surface area contributed by atoms with Crippen molar-refractivity contribution in [2.75, 3.05) is 15.5 Å². The minimum atomic E-state index is -0.172. The van der Waals surface area contributed by atoms with Gasteiger partial charge in [0, 0.05) is 36.6 Å². The number of ether oxygens (including phenoxy) is 2. The third-order valence-electron chi connectivity index (χ3n) is 5.58. The minimum absolute atomic E-state index is 0.00371. The largest absolute Gasteiger partial charge is 0.424 e. The summed E-state index contributed by atoms with van der Waals surface area (Å²) >= 11 is 0. The molecule has 10 nitrogen and oxygen atoms in total. The Morgan fingerprint density at radius 2 is 0.951 bits per heavy atom. The molecule has 0 unspecified atom stereocenters. The van der Waals surface area contributed by atoms with Crippen LogP contribution in [-0.4, -0.2) is 26.8 Å². The molecule has 10 heteroatoms. The summed E-state index contributed by atoms with van der Waals surface area (Å²) in [5, 5.41) is 5.44. The first-order valence-corrected chi connectivity index (χ1v) is 12.7. The molecule has 2 amide bonds. The molecular formula is C31H26N6O4. The van der Waals surface area contributed by atoms with Gasteiger partial charge < -0.3 is 20.1 Å². The van der Waals surface area contributed by atoms with E-state index in [0.717, 1.165) is 11.4 Å². The van der Waals surface area contributed by atoms with Crippen molar-refractivity contribution >= 4 is 40.5 Å². The quantitative estimate of drug-likeness (QED) is 0.206. The molecule has 41 heavy (non-hydrogen) atoms. The fourth-order valence-electron chi connectivity index (χ4n) is 3.88. The maximum absolute atomic E-state index is 11.4. The fourth-order valence-corrected chi connectivity index (χ4v) is 3.88. The van der Waals surface area contributed by atoms with E-state index in [0.29, 0.717) is 22.9 Å². The van der Waals surface area contributed by atoms with Gasteiger partial charge in [-0.3, -0.25) is 14.5 Å². The molecule has 2 N–H and O–H groups in total. The Morgan fingerprint density at radius 3 is 1.32 bits per heavy atom. The lowest BCUT2D eigenvalue weighted by molar-refractivity contribution is -0.115. The van der Waals surface area contributed by atoms with Crippen molar-refractivity contribution in [1.82, 2.24) is 15.0 Å². The number of carbonyl (C=O) groups is 2. The molecule has 0 radical (unpaired) electrons. The first-order chi connectivity index (χ1) is 19.9. The summed E-state index contributed by atoms with van der Waals surface area (Å²) in [6, 6.07) is 33.0. The smallest absolute Gasteiger partial charge is 0.330 e. The molecule has 204 valence electrons. The molecule has 0 aliphatic heterocycles. The van der Waals surface area contributed by atoms with E-state index >= 15 is 0 Å². The maximum Gasteiger partial charge on any atom is 0.330 e. The Kier molecular flexibility index (Phi) is 8.11. The van der Waals surface area contributed by atoms with Gasteiger partial charge in [0.15, 0.2) is 0 Å². The maximum atomic E-state index is 11.4. The Morgan fingerprint density at radius 1 is 0.561 bits per heavy atom. The van der Waals surface area contributed by atoms with Crippen molar-refractivity contribution in [3.63, 3.8) is 0 Å². The number of para-hydroxylation sites is 2. The molecule has 0 spiro atoms. The Hall–Kier alpha value is -5.77. The monoisotopic (exact) mass is 546 g/mol. The summed E-state index contributed by atoms with van der Waals surface area (Å²) in [5.41, 5.74) is 2.90. The third-order valence-corrected chi connectivity index (χ3v) is 5.58. The number of aromatic nitrogens is 3. The number of rotatable bonds is 9. The lowest BCUT2D eigenvalue weighted by Crippen LogP contribution is -2.14. The highest BCUT2D eigenvalue weighted by Gasteiger charge is 2.20. The lowest BCUT2D eigenvalue weighted by atomic mass is 10.2. The van der Waals surface area contributed by atoms with Crippen LogP contribution in [0.5, 0.6) is 23.5 Å². The summed E-state index contributed by atoms with van der Waals surface area (Å²) in [5.74, 6) is 0.831. The van der Waals surface area contributed by atoms with Crippen LogP contribution in [0.1, 0.15) is 13.8 Å². The van der Waals surface area contributed by atoms with Crippen molar-refractivity contribution in [2.45, 2.75) is 13.8 Å². The van der Waals surface area contributed by atoms with E-state index in [9.17, 15) is 9.59 Å². The molecule has 0 saturated carbocycles. The Bertz CT molecular complexity index is 1510. The van der Waals surface area contributed by atoms with Gasteiger partial charge in [-0.25, -0.2) is 0 Å². The first kappa shape index (κ1) is 26.8. The van der Waals surface area contributed by atoms with Crippen molar-refractivity contribution in [3.05, 3.63) is 109 Å². The SMILES string of the molecule is CC(=O)Nc1ccc(Oc2nc(Oc3ccc(NC(C)=O)cc3)nc(N(c3ccccc3)c3ccccc3)n2)cc1. The average molecular weight is 547 g/mol. The van der Waals surface area contributed by atoms with Crippen molar-refractivity contribution in [3.8, 4) is 23.5 Å². The number of nitrogens with one attached hydrogen (secondary N) is 2. The molecule has 0 atom stereocenters. The Labute approximate surface area is 236 Å². The third kappa shape index (κ3) is 7.21. The highest BCUT2D eigenvalue weighted by Crippen LogP contribution is 2.34. The molecule has 0 aliphatic carbocycles. The van der Waals surface area contributed by atoms with Gasteiger partial charge >= 0.3 is 12.0 Å². The number of anilines is 5. The molecule has 1 heterocycles. The van der Waals surface area contributed by atoms with Crippen LogP contribution < -0.4 is 25.0 Å². The van der Waals surface area contributed by atoms with Gasteiger partial charge in [-0.1, -0.05) is 36.4 Å². The predicted octanol–water partition coefficient (Wildman–Crippen LogP) is 6.84. The number of nitrogens with zero attached hydrogens (tertiary/aromatic N) is 4. The molecule has 0 aliphatic rings. The van der Waals surface area contributed by atoms with E-state index < -0.39 is 0 Å². The summed E-state index contributed by atoms with van der Waals surface area (Å²) in [6.07, 6.45) is 0. The van der Waals surface area contributed by atoms with E-state index in [1.807, 2.05) is 65.6 Å². The number of carbonyl (C=O) groups excluding carboxylic acids is 2. The van der Waals surface area contributed by atoms with Crippen molar-refractivity contribution < 1.29 is 19.1 Å². The number of amides is 2. The molecule has 5 aromatic rings. The van der Waals surface area contributed by atoms with E-state index in [-0.39, 0.29) is 29.8 Å². The van der Waals surface area contributed by atoms with Crippen LogP contribution in [0, 0.1) is 0 Å². The van der Waals surface area contributed by atoms with Crippen LogP contribution in [0.15, 0.2) is 109 Å². The van der Waals surface area contributed by atoms with E-state index in [4.69, 9.17) is 9.47 Å². The van der Waals surface area contributed by atoms with E-state index in [1.165, 1.54) is 13.8 Å². The van der Waals surface area contributed by atoms with Crippen LogP contribution >= 0.6 is 0 Å². The van der Waals surface area contributed by atoms with Gasteiger partial charge in [-0.2, -0.15) is 9.97 Å². The predicted molar refractivity (Wildman–Crippen MR) is 156 cm³/mol. The number of hydrogen-bond donors (Lipinski definition) is 2. The molecule has 0 saturated heterocycles.